The standard InChI is InChI=1S/C16H23N3/c1-15(2)12-7-17-8-16(15,3)6-10-4-13-14(5-11(10)12)19-9-18-13/h6,11-12,17H,4-5,7-9H2,1-3H3/t11?,12-,16-/m1/s1. The molecule has 0 aromatic heterocycles. The Morgan fingerprint density at radius 2 is 2.00 bits per heavy atom. The third kappa shape index (κ3) is 1.42. The van der Waals surface area contributed by atoms with E-state index < -0.39 is 0 Å². The minimum absolute atomic E-state index is 0.287. The number of hydrogen-bond acceptors (Lipinski definition) is 3. The van der Waals surface area contributed by atoms with E-state index in [-0.39, 0.29) is 5.41 Å². The SMILES string of the molecule is CC1(C)[C@@H]2CNC[C@@]1(C)C=C1CC3=NCN=C3CC12. The summed E-state index contributed by atoms with van der Waals surface area (Å²) >= 11 is 0. The summed E-state index contributed by atoms with van der Waals surface area (Å²) in [4.78, 5) is 9.14. The zero-order chi connectivity index (χ0) is 13.3. The van der Waals surface area contributed by atoms with Gasteiger partial charge in [0.25, 0.3) is 0 Å². The van der Waals surface area contributed by atoms with E-state index in [0.29, 0.717) is 18.0 Å². The fraction of sp³-hybridized carbons (Fsp3) is 0.750. The molecule has 102 valence electrons. The maximum atomic E-state index is 4.58. The summed E-state index contributed by atoms with van der Waals surface area (Å²) in [6.45, 7) is 10.3. The zero-order valence-corrected chi connectivity index (χ0v) is 12.2. The molecule has 2 fully saturated rings. The van der Waals surface area contributed by atoms with Crippen LogP contribution in [0.5, 0.6) is 0 Å². The highest BCUT2D eigenvalue weighted by Crippen LogP contribution is 2.57. The number of fused-ring (bicyclic) bond motifs is 5. The summed E-state index contributed by atoms with van der Waals surface area (Å²) in [7, 11) is 0. The van der Waals surface area contributed by atoms with Crippen molar-refractivity contribution >= 4 is 11.4 Å². The Labute approximate surface area is 115 Å². The van der Waals surface area contributed by atoms with Gasteiger partial charge in [-0.2, -0.15) is 0 Å². The van der Waals surface area contributed by atoms with Crippen molar-refractivity contribution in [1.82, 2.24) is 5.32 Å². The summed E-state index contributed by atoms with van der Waals surface area (Å²) in [5.74, 6) is 1.42. The molecule has 1 saturated heterocycles. The molecule has 1 saturated carbocycles. The molecule has 1 unspecified atom stereocenters. The number of hydrogen-bond donors (Lipinski definition) is 1. The van der Waals surface area contributed by atoms with Gasteiger partial charge in [-0.25, -0.2) is 0 Å². The molecule has 2 aliphatic heterocycles. The van der Waals surface area contributed by atoms with Gasteiger partial charge in [-0.15, -0.1) is 0 Å². The minimum atomic E-state index is 0.287. The zero-order valence-electron chi connectivity index (χ0n) is 12.2. The van der Waals surface area contributed by atoms with Gasteiger partial charge in [-0.05, 0) is 30.2 Å². The van der Waals surface area contributed by atoms with Crippen molar-refractivity contribution in [3.05, 3.63) is 11.6 Å². The van der Waals surface area contributed by atoms with E-state index >= 15 is 0 Å². The summed E-state index contributed by atoms with van der Waals surface area (Å²) in [6, 6.07) is 0. The highest BCUT2D eigenvalue weighted by molar-refractivity contribution is 6.44. The molecular formula is C16H23N3. The quantitative estimate of drug-likeness (QED) is 0.665. The molecule has 4 rings (SSSR count). The maximum absolute atomic E-state index is 4.58. The number of nitrogens with zero attached hydrogens (tertiary/aromatic N) is 2. The molecule has 0 aromatic rings. The highest BCUT2D eigenvalue weighted by Gasteiger charge is 2.55. The minimum Gasteiger partial charge on any atom is -0.316 e. The van der Waals surface area contributed by atoms with Crippen LogP contribution in [-0.4, -0.2) is 31.2 Å². The molecule has 0 aromatic carbocycles. The predicted molar refractivity (Wildman–Crippen MR) is 78.8 cm³/mol. The fourth-order valence-electron chi connectivity index (χ4n) is 4.64. The van der Waals surface area contributed by atoms with Crippen LogP contribution in [0, 0.1) is 22.7 Å². The van der Waals surface area contributed by atoms with Crippen molar-refractivity contribution in [3.8, 4) is 0 Å². The molecule has 3 atom stereocenters. The summed E-state index contributed by atoms with van der Waals surface area (Å²) < 4.78 is 0. The van der Waals surface area contributed by atoms with Crippen molar-refractivity contribution < 1.29 is 0 Å². The first-order chi connectivity index (χ1) is 9.01. The van der Waals surface area contributed by atoms with Gasteiger partial charge in [0.05, 0.1) is 11.4 Å². The molecule has 0 amide bonds. The predicted octanol–water partition coefficient (Wildman–Crippen LogP) is 2.44. The molecule has 1 N–H and O–H groups in total. The van der Waals surface area contributed by atoms with Gasteiger partial charge >= 0.3 is 0 Å². The normalized spacial score (nSPS) is 42.8. The molecular weight excluding hydrogens is 234 g/mol. The van der Waals surface area contributed by atoms with Gasteiger partial charge in [0, 0.05) is 18.4 Å². The van der Waals surface area contributed by atoms with Crippen molar-refractivity contribution in [2.75, 3.05) is 19.8 Å². The van der Waals surface area contributed by atoms with Crippen molar-refractivity contribution in [3.63, 3.8) is 0 Å². The van der Waals surface area contributed by atoms with Crippen molar-refractivity contribution in [2.24, 2.45) is 32.7 Å². The fourth-order valence-corrected chi connectivity index (χ4v) is 4.64. The first-order valence-corrected chi connectivity index (χ1v) is 7.51. The van der Waals surface area contributed by atoms with Gasteiger partial charge in [0.1, 0.15) is 6.67 Å². The van der Waals surface area contributed by atoms with Crippen LogP contribution >= 0.6 is 0 Å². The first kappa shape index (κ1) is 11.8. The van der Waals surface area contributed by atoms with Gasteiger partial charge in [-0.3, -0.25) is 9.98 Å². The van der Waals surface area contributed by atoms with Crippen LogP contribution in [0.25, 0.3) is 0 Å². The van der Waals surface area contributed by atoms with E-state index in [0.717, 1.165) is 31.8 Å². The number of piperidine rings is 1. The highest BCUT2D eigenvalue weighted by atomic mass is 15.0. The maximum Gasteiger partial charge on any atom is 0.130 e. The van der Waals surface area contributed by atoms with Gasteiger partial charge < -0.3 is 5.32 Å². The lowest BCUT2D eigenvalue weighted by molar-refractivity contribution is -0.0105. The molecule has 3 heteroatoms. The van der Waals surface area contributed by atoms with Crippen LogP contribution in [0.3, 0.4) is 0 Å². The molecule has 19 heavy (non-hydrogen) atoms. The Hall–Kier alpha value is -0.960. The second kappa shape index (κ2) is 3.57. The smallest absolute Gasteiger partial charge is 0.130 e. The lowest BCUT2D eigenvalue weighted by atomic mass is 9.49. The van der Waals surface area contributed by atoms with Crippen LogP contribution < -0.4 is 5.32 Å². The number of rotatable bonds is 0. The van der Waals surface area contributed by atoms with E-state index in [4.69, 9.17) is 0 Å². The lowest BCUT2D eigenvalue weighted by Crippen LogP contribution is -2.60. The van der Waals surface area contributed by atoms with Crippen molar-refractivity contribution in [2.45, 2.75) is 33.6 Å². The lowest BCUT2D eigenvalue weighted by Gasteiger charge is -2.59. The Morgan fingerprint density at radius 1 is 1.21 bits per heavy atom. The average Bonchev–Trinajstić information content (AvgIpc) is 2.77. The third-order valence-electron chi connectivity index (χ3n) is 6.36. The van der Waals surface area contributed by atoms with Gasteiger partial charge in [0.15, 0.2) is 0 Å². The Kier molecular flexibility index (Phi) is 2.22. The van der Waals surface area contributed by atoms with E-state index in [9.17, 15) is 0 Å². The molecule has 3 nitrogen and oxygen atoms in total. The molecule has 0 spiro atoms. The number of nitrogens with one attached hydrogen (secondary N) is 1. The summed E-state index contributed by atoms with van der Waals surface area (Å²) in [6.07, 6.45) is 4.76. The number of aliphatic imine (C=N–C) groups is 2. The number of allylic oxidation sites excluding steroid dienone is 1. The van der Waals surface area contributed by atoms with Crippen LogP contribution in [0.2, 0.25) is 0 Å². The van der Waals surface area contributed by atoms with Crippen LogP contribution in [0.15, 0.2) is 21.6 Å². The largest absolute Gasteiger partial charge is 0.316 e. The van der Waals surface area contributed by atoms with E-state index in [2.05, 4.69) is 42.1 Å². The first-order valence-electron chi connectivity index (χ1n) is 7.51. The van der Waals surface area contributed by atoms with Crippen molar-refractivity contribution in [1.29, 1.82) is 0 Å². The topological polar surface area (TPSA) is 36.8 Å². The van der Waals surface area contributed by atoms with Gasteiger partial charge in [0.2, 0.25) is 0 Å². The van der Waals surface area contributed by atoms with E-state index in [1.165, 1.54) is 11.4 Å². The molecule has 4 aliphatic rings. The van der Waals surface area contributed by atoms with E-state index in [1.54, 1.807) is 5.57 Å². The van der Waals surface area contributed by atoms with Crippen LogP contribution in [0.4, 0.5) is 0 Å². The average molecular weight is 257 g/mol. The monoisotopic (exact) mass is 257 g/mol. The second-order valence-corrected chi connectivity index (χ2v) is 7.43. The Morgan fingerprint density at radius 3 is 2.84 bits per heavy atom. The van der Waals surface area contributed by atoms with Gasteiger partial charge in [-0.1, -0.05) is 32.4 Å². The van der Waals surface area contributed by atoms with E-state index in [1.807, 2.05) is 0 Å². The summed E-state index contributed by atoms with van der Waals surface area (Å²) in [5, 5.41) is 3.66. The third-order valence-corrected chi connectivity index (χ3v) is 6.36. The molecule has 2 bridgehead atoms. The molecule has 0 radical (unpaired) electrons. The van der Waals surface area contributed by atoms with Crippen LogP contribution in [0.1, 0.15) is 33.6 Å². The van der Waals surface area contributed by atoms with Crippen LogP contribution in [-0.2, 0) is 0 Å². The summed E-state index contributed by atoms with van der Waals surface area (Å²) in [5.41, 5.74) is 4.88. The molecule has 2 aliphatic carbocycles. The Balaban J connectivity index is 1.82. The Bertz CT molecular complexity index is 526. The second-order valence-electron chi connectivity index (χ2n) is 7.43. The molecule has 2 heterocycles.